The van der Waals surface area contributed by atoms with Crippen LogP contribution in [0, 0.1) is 0 Å². The van der Waals surface area contributed by atoms with Crippen molar-refractivity contribution >= 4 is 11.7 Å². The Hall–Kier alpha value is -1.51. The van der Waals surface area contributed by atoms with Gasteiger partial charge in [-0.1, -0.05) is 12.1 Å². The number of aliphatic carboxylic acids is 1. The number of carboxylic acids is 1. The minimum absolute atomic E-state index is 0.150. The molecule has 0 aliphatic heterocycles. The second-order valence-electron chi connectivity index (χ2n) is 2.59. The standard InChI is InChI=1S/C9H10NO2/c10-8-4-1-7(2-5-8)3-6-9(11)12/h1-2,4-5,10H,3,6H2,(H,11,12). The molecule has 0 aliphatic carbocycles. The molecule has 3 nitrogen and oxygen atoms in total. The summed E-state index contributed by atoms with van der Waals surface area (Å²) in [4.78, 5) is 10.2. The van der Waals surface area contributed by atoms with Crippen molar-refractivity contribution in [1.29, 1.82) is 0 Å². The second-order valence-corrected chi connectivity index (χ2v) is 2.59. The number of aryl methyl sites for hydroxylation is 1. The molecule has 0 aromatic heterocycles. The number of rotatable bonds is 3. The van der Waals surface area contributed by atoms with Gasteiger partial charge in [0.05, 0.1) is 5.69 Å². The average molecular weight is 164 g/mol. The fraction of sp³-hybridized carbons (Fsp3) is 0.222. The lowest BCUT2D eigenvalue weighted by atomic mass is 10.1. The number of nitrogens with one attached hydrogen (secondary N) is 1. The van der Waals surface area contributed by atoms with Crippen molar-refractivity contribution in [2.75, 3.05) is 0 Å². The van der Waals surface area contributed by atoms with E-state index in [2.05, 4.69) is 0 Å². The maximum atomic E-state index is 10.2. The van der Waals surface area contributed by atoms with E-state index < -0.39 is 5.97 Å². The highest BCUT2D eigenvalue weighted by Gasteiger charge is 1.97. The summed E-state index contributed by atoms with van der Waals surface area (Å²) in [5.41, 5.74) is 8.61. The number of benzene rings is 1. The van der Waals surface area contributed by atoms with Crippen molar-refractivity contribution in [3.8, 4) is 0 Å². The van der Waals surface area contributed by atoms with Gasteiger partial charge in [-0.25, -0.2) is 0 Å². The largest absolute Gasteiger partial charge is 0.481 e. The van der Waals surface area contributed by atoms with Gasteiger partial charge in [0.15, 0.2) is 0 Å². The van der Waals surface area contributed by atoms with Crippen LogP contribution in [0.15, 0.2) is 24.3 Å². The third-order valence-corrected chi connectivity index (χ3v) is 1.58. The van der Waals surface area contributed by atoms with Gasteiger partial charge in [0.1, 0.15) is 0 Å². The van der Waals surface area contributed by atoms with E-state index in [1.54, 1.807) is 24.3 Å². The Kier molecular flexibility index (Phi) is 2.69. The number of carboxylic acid groups (broad SMARTS) is 1. The summed E-state index contributed by atoms with van der Waals surface area (Å²) >= 11 is 0. The Balaban J connectivity index is 2.53. The maximum absolute atomic E-state index is 10.2. The van der Waals surface area contributed by atoms with E-state index in [0.29, 0.717) is 12.1 Å². The zero-order valence-corrected chi connectivity index (χ0v) is 6.58. The Morgan fingerprint density at radius 3 is 2.42 bits per heavy atom. The molecule has 0 saturated carbocycles. The molecule has 2 N–H and O–H groups in total. The van der Waals surface area contributed by atoms with Gasteiger partial charge >= 0.3 is 5.97 Å². The van der Waals surface area contributed by atoms with Crippen LogP contribution in [-0.4, -0.2) is 11.1 Å². The van der Waals surface area contributed by atoms with E-state index in [4.69, 9.17) is 10.8 Å². The minimum atomic E-state index is -0.787. The van der Waals surface area contributed by atoms with Crippen molar-refractivity contribution < 1.29 is 9.90 Å². The normalized spacial score (nSPS) is 9.67. The molecule has 0 unspecified atom stereocenters. The molecule has 0 aliphatic rings. The minimum Gasteiger partial charge on any atom is -0.481 e. The summed E-state index contributed by atoms with van der Waals surface area (Å²) in [6, 6.07) is 6.89. The lowest BCUT2D eigenvalue weighted by Crippen LogP contribution is -1.96. The summed E-state index contributed by atoms with van der Waals surface area (Å²) in [6.45, 7) is 0. The summed E-state index contributed by atoms with van der Waals surface area (Å²) in [5, 5.41) is 8.39. The molecule has 0 amide bonds. The molecule has 0 bridgehead atoms. The van der Waals surface area contributed by atoms with Gasteiger partial charge in [-0.15, -0.1) is 0 Å². The van der Waals surface area contributed by atoms with Crippen LogP contribution in [0.3, 0.4) is 0 Å². The highest BCUT2D eigenvalue weighted by atomic mass is 16.4. The molecule has 0 heterocycles. The summed E-state index contributed by atoms with van der Waals surface area (Å²) in [7, 11) is 0. The fourth-order valence-corrected chi connectivity index (χ4v) is 0.923. The zero-order chi connectivity index (χ0) is 8.97. The van der Waals surface area contributed by atoms with Gasteiger partial charge in [0.2, 0.25) is 0 Å². The van der Waals surface area contributed by atoms with Crippen LogP contribution in [-0.2, 0) is 11.2 Å². The lowest BCUT2D eigenvalue weighted by Gasteiger charge is -1.97. The van der Waals surface area contributed by atoms with Gasteiger partial charge in [-0.05, 0) is 24.1 Å². The van der Waals surface area contributed by atoms with E-state index in [-0.39, 0.29) is 6.42 Å². The fourth-order valence-electron chi connectivity index (χ4n) is 0.923. The van der Waals surface area contributed by atoms with Crippen molar-refractivity contribution in [3.05, 3.63) is 29.8 Å². The molecular weight excluding hydrogens is 154 g/mol. The van der Waals surface area contributed by atoms with E-state index >= 15 is 0 Å². The highest BCUT2D eigenvalue weighted by molar-refractivity contribution is 5.67. The molecule has 1 aromatic rings. The Bertz CT molecular complexity index is 266. The Labute approximate surface area is 70.8 Å². The molecule has 0 spiro atoms. The van der Waals surface area contributed by atoms with E-state index in [9.17, 15) is 4.79 Å². The number of carbonyl (C=O) groups is 1. The number of hydrogen-bond acceptors (Lipinski definition) is 1. The SMILES string of the molecule is [NH]c1ccc(CCC(=O)O)cc1. The van der Waals surface area contributed by atoms with Crippen LogP contribution in [0.1, 0.15) is 12.0 Å². The van der Waals surface area contributed by atoms with Crippen LogP contribution in [0.25, 0.3) is 0 Å². The van der Waals surface area contributed by atoms with Gasteiger partial charge < -0.3 is 10.8 Å². The van der Waals surface area contributed by atoms with Crippen molar-refractivity contribution in [3.63, 3.8) is 0 Å². The first-order valence-corrected chi connectivity index (χ1v) is 3.71. The molecule has 1 aromatic carbocycles. The first-order chi connectivity index (χ1) is 5.68. The van der Waals surface area contributed by atoms with Gasteiger partial charge in [-0.3, -0.25) is 4.79 Å². The molecule has 0 fully saturated rings. The Morgan fingerprint density at radius 1 is 1.33 bits per heavy atom. The van der Waals surface area contributed by atoms with Crippen LogP contribution in [0.5, 0.6) is 0 Å². The molecule has 12 heavy (non-hydrogen) atoms. The van der Waals surface area contributed by atoms with Crippen molar-refractivity contribution in [1.82, 2.24) is 5.73 Å². The molecular formula is C9H10NO2. The van der Waals surface area contributed by atoms with Crippen molar-refractivity contribution in [2.24, 2.45) is 0 Å². The zero-order valence-electron chi connectivity index (χ0n) is 6.58. The summed E-state index contributed by atoms with van der Waals surface area (Å²) in [5.74, 6) is -0.787. The molecule has 63 valence electrons. The number of hydrogen-bond donors (Lipinski definition) is 1. The molecule has 1 radical (unpaired) electrons. The van der Waals surface area contributed by atoms with E-state index in [0.717, 1.165) is 5.56 Å². The molecule has 1 rings (SSSR count). The smallest absolute Gasteiger partial charge is 0.303 e. The van der Waals surface area contributed by atoms with E-state index in [1.165, 1.54) is 0 Å². The van der Waals surface area contributed by atoms with Gasteiger partial charge in [-0.2, -0.15) is 0 Å². The molecule has 0 atom stereocenters. The highest BCUT2D eigenvalue weighted by Crippen LogP contribution is 2.08. The van der Waals surface area contributed by atoms with Crippen LogP contribution < -0.4 is 5.73 Å². The van der Waals surface area contributed by atoms with E-state index in [1.807, 2.05) is 0 Å². The topological polar surface area (TPSA) is 61.1 Å². The van der Waals surface area contributed by atoms with Crippen LogP contribution in [0.4, 0.5) is 5.69 Å². The third-order valence-electron chi connectivity index (χ3n) is 1.58. The van der Waals surface area contributed by atoms with Crippen LogP contribution in [0.2, 0.25) is 0 Å². The van der Waals surface area contributed by atoms with Crippen molar-refractivity contribution in [2.45, 2.75) is 12.8 Å². The van der Waals surface area contributed by atoms with Crippen LogP contribution >= 0.6 is 0 Å². The maximum Gasteiger partial charge on any atom is 0.303 e. The second kappa shape index (κ2) is 3.76. The summed E-state index contributed by atoms with van der Waals surface area (Å²) < 4.78 is 0. The third kappa shape index (κ3) is 2.62. The lowest BCUT2D eigenvalue weighted by molar-refractivity contribution is -0.136. The quantitative estimate of drug-likeness (QED) is 0.737. The predicted molar refractivity (Wildman–Crippen MR) is 45.2 cm³/mol. The Morgan fingerprint density at radius 2 is 1.92 bits per heavy atom. The van der Waals surface area contributed by atoms with Gasteiger partial charge in [0.25, 0.3) is 0 Å². The monoisotopic (exact) mass is 164 g/mol. The average Bonchev–Trinajstić information content (AvgIpc) is 2.03. The first-order valence-electron chi connectivity index (χ1n) is 3.71. The predicted octanol–water partition coefficient (Wildman–Crippen LogP) is 1.62. The first kappa shape index (κ1) is 8.59. The molecule has 0 saturated heterocycles. The summed E-state index contributed by atoms with van der Waals surface area (Å²) in [6.07, 6.45) is 0.687. The molecule has 3 heteroatoms. The van der Waals surface area contributed by atoms with Gasteiger partial charge in [0, 0.05) is 6.42 Å².